The highest BCUT2D eigenvalue weighted by Gasteiger charge is 2.19. The Labute approximate surface area is 111 Å². The molecule has 0 saturated carbocycles. The number of hydrogen-bond acceptors (Lipinski definition) is 3. The lowest BCUT2D eigenvalue weighted by Crippen LogP contribution is -2.50. The van der Waals surface area contributed by atoms with Crippen molar-refractivity contribution in [3.63, 3.8) is 0 Å². The molecule has 1 aliphatic rings. The molecule has 18 heavy (non-hydrogen) atoms. The van der Waals surface area contributed by atoms with Gasteiger partial charge in [0.15, 0.2) is 0 Å². The molecule has 0 aliphatic carbocycles. The molecule has 100 valence electrons. The summed E-state index contributed by atoms with van der Waals surface area (Å²) in [5, 5.41) is 0. The number of nitrogens with zero attached hydrogens (tertiary/aromatic N) is 2. The molecule has 3 heteroatoms. The number of hydrogen-bond donors (Lipinski definition) is 1. The molecule has 1 heterocycles. The number of aryl methyl sites for hydroxylation is 1. The van der Waals surface area contributed by atoms with E-state index in [9.17, 15) is 0 Å². The van der Waals surface area contributed by atoms with Gasteiger partial charge in [-0.3, -0.25) is 9.80 Å². The molecule has 1 aromatic carbocycles. The summed E-state index contributed by atoms with van der Waals surface area (Å²) in [5.74, 6) is 0. The fourth-order valence-corrected chi connectivity index (χ4v) is 2.46. The average Bonchev–Trinajstić information content (AvgIpc) is 2.41. The Hall–Kier alpha value is -0.900. The summed E-state index contributed by atoms with van der Waals surface area (Å²) >= 11 is 0. The van der Waals surface area contributed by atoms with Crippen LogP contribution in [0.5, 0.6) is 0 Å². The van der Waals surface area contributed by atoms with Gasteiger partial charge in [0, 0.05) is 45.3 Å². The van der Waals surface area contributed by atoms with Crippen molar-refractivity contribution in [2.24, 2.45) is 5.73 Å². The van der Waals surface area contributed by atoms with Crippen molar-refractivity contribution >= 4 is 0 Å². The fourth-order valence-electron chi connectivity index (χ4n) is 2.46. The standard InChI is InChI=1S/C15H25N3/c1-13-3-5-15(6-4-13)12-17-7-9-18(10-8-17)14(2)11-16/h3-6,14H,7-12,16H2,1-2H3. The lowest BCUT2D eigenvalue weighted by atomic mass is 10.1. The Bertz CT molecular complexity index is 353. The van der Waals surface area contributed by atoms with E-state index in [2.05, 4.69) is 47.9 Å². The molecule has 3 nitrogen and oxygen atoms in total. The quantitative estimate of drug-likeness (QED) is 0.874. The Kier molecular flexibility index (Phi) is 4.75. The average molecular weight is 247 g/mol. The van der Waals surface area contributed by atoms with Gasteiger partial charge in [0.25, 0.3) is 0 Å². The van der Waals surface area contributed by atoms with E-state index in [-0.39, 0.29) is 0 Å². The number of rotatable bonds is 4. The lowest BCUT2D eigenvalue weighted by Gasteiger charge is -2.37. The minimum atomic E-state index is 0.520. The van der Waals surface area contributed by atoms with Crippen molar-refractivity contribution in [3.05, 3.63) is 35.4 Å². The zero-order chi connectivity index (χ0) is 13.0. The van der Waals surface area contributed by atoms with Gasteiger partial charge in [0.2, 0.25) is 0 Å². The van der Waals surface area contributed by atoms with Crippen LogP contribution in [0, 0.1) is 6.92 Å². The summed E-state index contributed by atoms with van der Waals surface area (Å²) in [6, 6.07) is 9.39. The van der Waals surface area contributed by atoms with Crippen molar-refractivity contribution in [1.29, 1.82) is 0 Å². The maximum Gasteiger partial charge on any atom is 0.0234 e. The summed E-state index contributed by atoms with van der Waals surface area (Å²) in [6.45, 7) is 10.8. The Morgan fingerprint density at radius 3 is 2.28 bits per heavy atom. The second kappa shape index (κ2) is 6.32. The smallest absolute Gasteiger partial charge is 0.0234 e. The molecule has 1 aromatic rings. The van der Waals surface area contributed by atoms with Crippen LogP contribution >= 0.6 is 0 Å². The first-order valence-electron chi connectivity index (χ1n) is 6.91. The molecule has 1 saturated heterocycles. The fraction of sp³-hybridized carbons (Fsp3) is 0.600. The summed E-state index contributed by atoms with van der Waals surface area (Å²) in [4.78, 5) is 5.02. The van der Waals surface area contributed by atoms with Crippen LogP contribution < -0.4 is 5.73 Å². The minimum Gasteiger partial charge on any atom is -0.329 e. The maximum atomic E-state index is 5.72. The number of piperazine rings is 1. The summed E-state index contributed by atoms with van der Waals surface area (Å²) in [6.07, 6.45) is 0. The highest BCUT2D eigenvalue weighted by Crippen LogP contribution is 2.11. The lowest BCUT2D eigenvalue weighted by molar-refractivity contribution is 0.100. The first-order chi connectivity index (χ1) is 8.69. The van der Waals surface area contributed by atoms with Crippen molar-refractivity contribution in [3.8, 4) is 0 Å². The van der Waals surface area contributed by atoms with E-state index in [4.69, 9.17) is 5.73 Å². The highest BCUT2D eigenvalue weighted by atomic mass is 15.3. The van der Waals surface area contributed by atoms with Crippen LogP contribution in [0.1, 0.15) is 18.1 Å². The summed E-state index contributed by atoms with van der Waals surface area (Å²) < 4.78 is 0. The van der Waals surface area contributed by atoms with Crippen molar-refractivity contribution < 1.29 is 0 Å². The zero-order valence-electron chi connectivity index (χ0n) is 11.6. The molecule has 0 bridgehead atoms. The van der Waals surface area contributed by atoms with Crippen molar-refractivity contribution in [2.45, 2.75) is 26.4 Å². The van der Waals surface area contributed by atoms with Crippen LogP contribution in [-0.4, -0.2) is 48.6 Å². The van der Waals surface area contributed by atoms with Gasteiger partial charge in [-0.1, -0.05) is 29.8 Å². The molecular formula is C15H25N3. The van der Waals surface area contributed by atoms with Crippen LogP contribution in [0.3, 0.4) is 0 Å². The first kappa shape index (κ1) is 13.5. The van der Waals surface area contributed by atoms with Gasteiger partial charge in [-0.05, 0) is 19.4 Å². The third-order valence-electron chi connectivity index (χ3n) is 3.90. The van der Waals surface area contributed by atoms with Gasteiger partial charge in [0.05, 0.1) is 0 Å². The van der Waals surface area contributed by atoms with Crippen molar-refractivity contribution in [2.75, 3.05) is 32.7 Å². The molecule has 1 aliphatic heterocycles. The summed E-state index contributed by atoms with van der Waals surface area (Å²) in [7, 11) is 0. The Morgan fingerprint density at radius 2 is 1.72 bits per heavy atom. The zero-order valence-corrected chi connectivity index (χ0v) is 11.6. The van der Waals surface area contributed by atoms with Crippen LogP contribution in [0.2, 0.25) is 0 Å². The van der Waals surface area contributed by atoms with Gasteiger partial charge < -0.3 is 5.73 Å². The number of nitrogens with two attached hydrogens (primary N) is 1. The van der Waals surface area contributed by atoms with E-state index in [0.29, 0.717) is 6.04 Å². The minimum absolute atomic E-state index is 0.520. The van der Waals surface area contributed by atoms with Crippen LogP contribution in [0.15, 0.2) is 24.3 Å². The molecule has 1 fully saturated rings. The topological polar surface area (TPSA) is 32.5 Å². The highest BCUT2D eigenvalue weighted by molar-refractivity contribution is 5.21. The van der Waals surface area contributed by atoms with Gasteiger partial charge in [0.1, 0.15) is 0 Å². The molecule has 0 amide bonds. The Morgan fingerprint density at radius 1 is 1.11 bits per heavy atom. The van der Waals surface area contributed by atoms with E-state index in [0.717, 1.165) is 39.3 Å². The molecule has 2 N–H and O–H groups in total. The largest absolute Gasteiger partial charge is 0.329 e. The number of benzene rings is 1. The maximum absolute atomic E-state index is 5.72. The molecule has 1 unspecified atom stereocenters. The van der Waals surface area contributed by atoms with Crippen LogP contribution in [-0.2, 0) is 6.54 Å². The third-order valence-corrected chi connectivity index (χ3v) is 3.90. The van der Waals surface area contributed by atoms with Crippen LogP contribution in [0.25, 0.3) is 0 Å². The Balaban J connectivity index is 1.81. The molecule has 0 spiro atoms. The second-order valence-electron chi connectivity index (χ2n) is 5.38. The van der Waals surface area contributed by atoms with E-state index >= 15 is 0 Å². The van der Waals surface area contributed by atoms with E-state index in [1.165, 1.54) is 11.1 Å². The monoisotopic (exact) mass is 247 g/mol. The van der Waals surface area contributed by atoms with E-state index < -0.39 is 0 Å². The normalized spacial score (nSPS) is 19.9. The first-order valence-corrected chi connectivity index (χ1v) is 6.91. The predicted molar refractivity (Wildman–Crippen MR) is 76.5 cm³/mol. The summed E-state index contributed by atoms with van der Waals surface area (Å²) in [5.41, 5.74) is 8.47. The third kappa shape index (κ3) is 3.55. The molecule has 1 atom stereocenters. The van der Waals surface area contributed by atoms with E-state index in [1.807, 2.05) is 0 Å². The predicted octanol–water partition coefficient (Wildman–Crippen LogP) is 1.46. The SMILES string of the molecule is Cc1ccc(CN2CCN(C(C)CN)CC2)cc1. The molecular weight excluding hydrogens is 222 g/mol. The van der Waals surface area contributed by atoms with Gasteiger partial charge in [-0.25, -0.2) is 0 Å². The van der Waals surface area contributed by atoms with Crippen molar-refractivity contribution in [1.82, 2.24) is 9.80 Å². The molecule has 2 rings (SSSR count). The molecule has 0 aromatic heterocycles. The van der Waals surface area contributed by atoms with Crippen LogP contribution in [0.4, 0.5) is 0 Å². The van der Waals surface area contributed by atoms with Gasteiger partial charge >= 0.3 is 0 Å². The van der Waals surface area contributed by atoms with Gasteiger partial charge in [-0.2, -0.15) is 0 Å². The van der Waals surface area contributed by atoms with Gasteiger partial charge in [-0.15, -0.1) is 0 Å². The van der Waals surface area contributed by atoms with E-state index in [1.54, 1.807) is 0 Å². The second-order valence-corrected chi connectivity index (χ2v) is 5.38. The molecule has 0 radical (unpaired) electrons.